The molecule has 0 fully saturated rings. The van der Waals surface area contributed by atoms with E-state index in [4.69, 9.17) is 0 Å². The Morgan fingerprint density at radius 3 is 2.38 bits per heavy atom. The number of benzene rings is 1. The van der Waals surface area contributed by atoms with Crippen LogP contribution in [0.25, 0.3) is 0 Å². The monoisotopic (exact) mass is 324 g/mol. The van der Waals surface area contributed by atoms with Crippen LogP contribution in [0.5, 0.6) is 0 Å². The van der Waals surface area contributed by atoms with Crippen molar-refractivity contribution in [1.82, 2.24) is 0 Å². The Morgan fingerprint density at radius 2 is 1.81 bits per heavy atom. The quantitative estimate of drug-likeness (QED) is 0.858. The van der Waals surface area contributed by atoms with Crippen molar-refractivity contribution in [3.8, 4) is 0 Å². The topological polar surface area (TPSA) is 75.3 Å². The van der Waals surface area contributed by atoms with Crippen LogP contribution in [0.1, 0.15) is 11.3 Å². The van der Waals surface area contributed by atoms with E-state index in [1.54, 1.807) is 35.6 Å². The molecular formula is C14H16N2O3S2. The molecule has 0 aliphatic heterocycles. The minimum Gasteiger partial charge on any atom is -0.326 e. The Morgan fingerprint density at radius 1 is 1.14 bits per heavy atom. The number of aryl methyl sites for hydroxylation is 1. The van der Waals surface area contributed by atoms with Crippen molar-refractivity contribution in [2.24, 2.45) is 0 Å². The summed E-state index contributed by atoms with van der Waals surface area (Å²) in [6, 6.07) is 10.5. The van der Waals surface area contributed by atoms with E-state index in [-0.39, 0.29) is 5.91 Å². The molecule has 0 unspecified atom stereocenters. The van der Waals surface area contributed by atoms with Crippen LogP contribution in [0.4, 0.5) is 11.4 Å². The van der Waals surface area contributed by atoms with Gasteiger partial charge >= 0.3 is 0 Å². The van der Waals surface area contributed by atoms with E-state index in [1.807, 2.05) is 17.5 Å². The number of carbonyl (C=O) groups excluding carboxylic acids is 1. The molecule has 2 rings (SSSR count). The molecule has 112 valence electrons. The molecule has 0 aliphatic carbocycles. The minimum atomic E-state index is -3.28. The van der Waals surface area contributed by atoms with Gasteiger partial charge in [-0.2, -0.15) is 0 Å². The standard InChI is InChI=1S/C14H16N2O3S2/c1-21(18,19)16-12-6-4-11(5-7-12)15-14(17)9-8-13-3-2-10-20-13/h2-7,10,16H,8-9H2,1H3,(H,15,17). The molecule has 0 saturated heterocycles. The summed E-state index contributed by atoms with van der Waals surface area (Å²) in [6.07, 6.45) is 2.23. The zero-order valence-corrected chi connectivity index (χ0v) is 13.1. The van der Waals surface area contributed by atoms with Gasteiger partial charge in [0.2, 0.25) is 15.9 Å². The second kappa shape index (κ2) is 6.73. The molecular weight excluding hydrogens is 308 g/mol. The summed E-state index contributed by atoms with van der Waals surface area (Å²) in [5, 5.41) is 4.77. The molecule has 2 N–H and O–H groups in total. The molecule has 0 bridgehead atoms. The van der Waals surface area contributed by atoms with Crippen molar-refractivity contribution in [3.63, 3.8) is 0 Å². The Hall–Kier alpha value is -1.86. The Balaban J connectivity index is 1.86. The lowest BCUT2D eigenvalue weighted by Crippen LogP contribution is -2.12. The number of thiophene rings is 1. The number of anilines is 2. The number of amides is 1. The molecule has 1 aromatic carbocycles. The molecule has 0 aliphatic rings. The number of hydrogen-bond acceptors (Lipinski definition) is 4. The number of hydrogen-bond donors (Lipinski definition) is 2. The first-order valence-corrected chi connectivity index (χ1v) is 9.09. The van der Waals surface area contributed by atoms with Crippen LogP contribution in [0, 0.1) is 0 Å². The lowest BCUT2D eigenvalue weighted by molar-refractivity contribution is -0.116. The summed E-state index contributed by atoms with van der Waals surface area (Å²) in [5.41, 5.74) is 1.11. The van der Waals surface area contributed by atoms with Gasteiger partial charge in [0.25, 0.3) is 0 Å². The van der Waals surface area contributed by atoms with Crippen LogP contribution in [0.15, 0.2) is 41.8 Å². The smallest absolute Gasteiger partial charge is 0.229 e. The normalized spacial score (nSPS) is 11.1. The van der Waals surface area contributed by atoms with Gasteiger partial charge in [-0.05, 0) is 42.1 Å². The summed E-state index contributed by atoms with van der Waals surface area (Å²) < 4.78 is 24.5. The fourth-order valence-corrected chi connectivity index (χ4v) is 3.02. The van der Waals surface area contributed by atoms with Gasteiger partial charge < -0.3 is 5.32 Å². The number of carbonyl (C=O) groups is 1. The van der Waals surface area contributed by atoms with Gasteiger partial charge in [-0.15, -0.1) is 11.3 Å². The third-order valence-corrected chi connectivity index (χ3v) is 4.19. The predicted octanol–water partition coefficient (Wildman–Crippen LogP) is 2.69. The van der Waals surface area contributed by atoms with Gasteiger partial charge in [-0.25, -0.2) is 8.42 Å². The van der Waals surface area contributed by atoms with E-state index in [1.165, 1.54) is 4.88 Å². The SMILES string of the molecule is CS(=O)(=O)Nc1ccc(NC(=O)CCc2cccs2)cc1. The molecule has 2 aromatic rings. The van der Waals surface area contributed by atoms with Crippen LogP contribution in [-0.4, -0.2) is 20.6 Å². The molecule has 0 spiro atoms. The third-order valence-electron chi connectivity index (χ3n) is 2.65. The van der Waals surface area contributed by atoms with Crippen LogP contribution in [0.2, 0.25) is 0 Å². The highest BCUT2D eigenvalue weighted by atomic mass is 32.2. The fraction of sp³-hybridized carbons (Fsp3) is 0.214. The first-order valence-electron chi connectivity index (χ1n) is 6.32. The van der Waals surface area contributed by atoms with Crippen LogP contribution in [0.3, 0.4) is 0 Å². The maximum atomic E-state index is 11.8. The molecule has 0 atom stereocenters. The molecule has 1 heterocycles. The summed E-state index contributed by atoms with van der Waals surface area (Å²) in [5.74, 6) is -0.0628. The van der Waals surface area contributed by atoms with Crippen LogP contribution in [-0.2, 0) is 21.2 Å². The molecule has 21 heavy (non-hydrogen) atoms. The predicted molar refractivity (Wildman–Crippen MR) is 86.2 cm³/mol. The van der Waals surface area contributed by atoms with Gasteiger partial charge in [0.15, 0.2) is 0 Å². The molecule has 5 nitrogen and oxygen atoms in total. The van der Waals surface area contributed by atoms with Crippen molar-refractivity contribution in [2.45, 2.75) is 12.8 Å². The third kappa shape index (κ3) is 5.57. The lowest BCUT2D eigenvalue weighted by Gasteiger charge is -2.07. The van der Waals surface area contributed by atoms with Gasteiger partial charge in [0, 0.05) is 22.7 Å². The Kier molecular flexibility index (Phi) is 4.98. The highest BCUT2D eigenvalue weighted by molar-refractivity contribution is 7.92. The minimum absolute atomic E-state index is 0.0628. The summed E-state index contributed by atoms with van der Waals surface area (Å²) in [4.78, 5) is 13.0. The molecule has 0 radical (unpaired) electrons. The van der Waals surface area contributed by atoms with Crippen LogP contribution >= 0.6 is 11.3 Å². The van der Waals surface area contributed by atoms with Crippen molar-refractivity contribution in [3.05, 3.63) is 46.7 Å². The van der Waals surface area contributed by atoms with E-state index in [0.29, 0.717) is 17.8 Å². The number of sulfonamides is 1. The molecule has 7 heteroatoms. The Bertz CT molecular complexity index is 692. The second-order valence-electron chi connectivity index (χ2n) is 4.58. The summed E-state index contributed by atoms with van der Waals surface area (Å²) >= 11 is 1.63. The highest BCUT2D eigenvalue weighted by Gasteiger charge is 2.05. The molecule has 1 amide bonds. The van der Waals surface area contributed by atoms with Gasteiger partial charge in [0.1, 0.15) is 0 Å². The van der Waals surface area contributed by atoms with Crippen LogP contribution < -0.4 is 10.0 Å². The van der Waals surface area contributed by atoms with E-state index >= 15 is 0 Å². The maximum Gasteiger partial charge on any atom is 0.229 e. The largest absolute Gasteiger partial charge is 0.326 e. The zero-order chi connectivity index (χ0) is 15.3. The van der Waals surface area contributed by atoms with Crippen molar-refractivity contribution in [2.75, 3.05) is 16.3 Å². The lowest BCUT2D eigenvalue weighted by atomic mass is 10.2. The van der Waals surface area contributed by atoms with Gasteiger partial charge in [-0.3, -0.25) is 9.52 Å². The van der Waals surface area contributed by atoms with E-state index in [0.717, 1.165) is 12.7 Å². The van der Waals surface area contributed by atoms with Crippen molar-refractivity contribution < 1.29 is 13.2 Å². The summed E-state index contributed by atoms with van der Waals surface area (Å²) in [6.45, 7) is 0. The Labute approximate surface area is 128 Å². The van der Waals surface area contributed by atoms with Crippen molar-refractivity contribution in [1.29, 1.82) is 0 Å². The second-order valence-corrected chi connectivity index (χ2v) is 7.36. The first-order chi connectivity index (χ1) is 9.92. The highest BCUT2D eigenvalue weighted by Crippen LogP contribution is 2.15. The molecule has 1 aromatic heterocycles. The number of rotatable bonds is 6. The van der Waals surface area contributed by atoms with Gasteiger partial charge in [-0.1, -0.05) is 6.07 Å². The zero-order valence-electron chi connectivity index (χ0n) is 11.5. The summed E-state index contributed by atoms with van der Waals surface area (Å²) in [7, 11) is -3.28. The van der Waals surface area contributed by atoms with E-state index < -0.39 is 10.0 Å². The van der Waals surface area contributed by atoms with E-state index in [9.17, 15) is 13.2 Å². The average molecular weight is 324 g/mol. The first kappa shape index (κ1) is 15.5. The number of nitrogens with one attached hydrogen (secondary N) is 2. The van der Waals surface area contributed by atoms with Crippen molar-refractivity contribution >= 4 is 38.6 Å². The maximum absolute atomic E-state index is 11.8. The average Bonchev–Trinajstić information content (AvgIpc) is 2.90. The van der Waals surface area contributed by atoms with Gasteiger partial charge in [0.05, 0.1) is 6.26 Å². The van der Waals surface area contributed by atoms with E-state index in [2.05, 4.69) is 10.0 Å². The fourth-order valence-electron chi connectivity index (χ4n) is 1.75. The molecule has 0 saturated carbocycles.